The van der Waals surface area contributed by atoms with Crippen LogP contribution in [0, 0.1) is 21.7 Å². The number of non-ortho nitro benzene ring substituents is 1. The molecule has 0 radical (unpaired) electrons. The summed E-state index contributed by atoms with van der Waals surface area (Å²) in [5.74, 6) is -2.08. The zero-order valence-corrected chi connectivity index (χ0v) is 45.5. The lowest BCUT2D eigenvalue weighted by Gasteiger charge is -2.27. The molecule has 75 heavy (non-hydrogen) atoms. The molecule has 0 spiro atoms. The Kier molecular flexibility index (Phi) is 29.9. The second kappa shape index (κ2) is 33.3. The Balaban J connectivity index is 0.000000544. The van der Waals surface area contributed by atoms with Crippen LogP contribution >= 0.6 is 74.2 Å². The number of hydrogen-bond acceptors (Lipinski definition) is 12. The molecule has 0 bridgehead atoms. The second-order valence-corrected chi connectivity index (χ2v) is 17.0. The Morgan fingerprint density at radius 3 is 1.51 bits per heavy atom. The maximum Gasteiger partial charge on any atom is 0.317 e. The van der Waals surface area contributed by atoms with E-state index in [0.29, 0.717) is 59.2 Å². The van der Waals surface area contributed by atoms with E-state index in [0.717, 1.165) is 6.42 Å². The predicted octanol–water partition coefficient (Wildman–Crippen LogP) is 8.26. The first-order valence-electron chi connectivity index (χ1n) is 22.2. The minimum Gasteiger partial charge on any atom is -0.395 e. The van der Waals surface area contributed by atoms with Gasteiger partial charge >= 0.3 is 6.03 Å². The molecule has 406 valence electrons. The highest BCUT2D eigenvalue weighted by molar-refractivity contribution is 7.59. The molecular formula is C50H57Cl4F2N7O10S2. The van der Waals surface area contributed by atoms with Gasteiger partial charge in [0, 0.05) is 57.0 Å². The van der Waals surface area contributed by atoms with E-state index in [-0.39, 0.29) is 123 Å². The molecule has 2 atom stereocenters. The van der Waals surface area contributed by atoms with Gasteiger partial charge in [-0.05, 0) is 104 Å². The molecule has 5 aromatic rings. The van der Waals surface area contributed by atoms with Crippen molar-refractivity contribution in [3.05, 3.63) is 180 Å². The van der Waals surface area contributed by atoms with Crippen molar-refractivity contribution in [2.45, 2.75) is 50.9 Å². The topological polar surface area (TPSA) is 246 Å². The van der Waals surface area contributed by atoms with E-state index in [1.807, 2.05) is 0 Å². The van der Waals surface area contributed by atoms with Crippen LogP contribution in [0.15, 0.2) is 109 Å². The molecule has 2 aliphatic heterocycles. The van der Waals surface area contributed by atoms with Crippen molar-refractivity contribution in [2.75, 3.05) is 40.4 Å². The van der Waals surface area contributed by atoms with Crippen LogP contribution in [-0.4, -0.2) is 117 Å². The van der Waals surface area contributed by atoms with Gasteiger partial charge in [-0.2, -0.15) is 27.0 Å². The number of amides is 6. The molecule has 7 rings (SSSR count). The number of nitro groups is 1. The van der Waals surface area contributed by atoms with Gasteiger partial charge in [0.1, 0.15) is 11.6 Å². The van der Waals surface area contributed by atoms with Gasteiger partial charge in [0.05, 0.1) is 56.5 Å². The van der Waals surface area contributed by atoms with E-state index in [1.165, 1.54) is 64.2 Å². The number of aliphatic hydroxyl groups is 2. The van der Waals surface area contributed by atoms with Crippen LogP contribution in [0.3, 0.4) is 0 Å². The molecule has 6 amide bonds. The Morgan fingerprint density at radius 1 is 0.707 bits per heavy atom. The minimum absolute atomic E-state index is 0. The number of aliphatic hydroxyl groups excluding tert-OH is 2. The number of imide groups is 2. The number of likely N-dealkylation sites (N-methyl/N-ethyl adjacent to an activating group) is 2. The normalized spacial score (nSPS) is 12.6. The van der Waals surface area contributed by atoms with Crippen molar-refractivity contribution >= 4 is 115 Å². The lowest BCUT2D eigenvalue weighted by molar-refractivity contribution is -0.384. The lowest BCUT2D eigenvalue weighted by atomic mass is 10.1. The fourth-order valence-corrected chi connectivity index (χ4v) is 7.69. The highest BCUT2D eigenvalue weighted by Gasteiger charge is 2.36. The molecule has 5 aromatic carbocycles. The third-order valence-corrected chi connectivity index (χ3v) is 12.4. The number of halogens is 6. The number of carbonyl (C=O) groups excluding carboxylic acids is 6. The number of nitrogens with one attached hydrogen (secondary N) is 2. The number of urea groups is 1. The molecule has 25 heteroatoms. The summed E-state index contributed by atoms with van der Waals surface area (Å²) in [5.41, 5.74) is 8.29. The summed E-state index contributed by atoms with van der Waals surface area (Å²) in [6, 6.07) is 26.6. The van der Waals surface area contributed by atoms with Crippen molar-refractivity contribution < 1.29 is 52.7 Å². The Hall–Kier alpha value is -5.72. The third kappa shape index (κ3) is 18.5. The van der Waals surface area contributed by atoms with Crippen LogP contribution in [0.25, 0.3) is 0 Å². The molecule has 17 nitrogen and oxygen atoms in total. The van der Waals surface area contributed by atoms with Gasteiger partial charge in [-0.25, -0.2) is 13.6 Å². The predicted molar refractivity (Wildman–Crippen MR) is 295 cm³/mol. The summed E-state index contributed by atoms with van der Waals surface area (Å²) >= 11 is 16.6. The fourth-order valence-electron chi connectivity index (χ4n) is 7.17. The van der Waals surface area contributed by atoms with Crippen LogP contribution in [0.5, 0.6) is 0 Å². The minimum atomic E-state index is -0.620. The quantitative estimate of drug-likeness (QED) is 0.0256. The van der Waals surface area contributed by atoms with Crippen LogP contribution in [-0.2, 0) is 13.1 Å². The molecule has 0 saturated heterocycles. The number of benzene rings is 5. The van der Waals surface area contributed by atoms with Crippen LogP contribution < -0.4 is 16.4 Å². The SMILES string of the molecule is CN(C(=O)NCc1cccc(F)c1Cl)[C@H](CO)CCCN1C(=O)c2ccccc2C1=O.CN[C@H](CO)CCCN1C(=O)c2ccccc2C1=O.Cl.NCc1cccc(F)c1Cl.O=C(Cl)c1ccc([N+](=O)[O-])cc1.S.S. The first-order chi connectivity index (χ1) is 34.4. The molecule has 2 heterocycles. The van der Waals surface area contributed by atoms with Crippen LogP contribution in [0.4, 0.5) is 19.3 Å². The monoisotopic (exact) mass is 1160 g/mol. The first kappa shape index (κ1) is 67.3. The average Bonchev–Trinajstić information content (AvgIpc) is 3.78. The number of carbonyl (C=O) groups is 6. The lowest BCUT2D eigenvalue weighted by Crippen LogP contribution is -2.45. The van der Waals surface area contributed by atoms with Gasteiger partial charge in [0.2, 0.25) is 0 Å². The number of nitrogens with zero attached hydrogens (tertiary/aromatic N) is 4. The van der Waals surface area contributed by atoms with Gasteiger partial charge in [-0.3, -0.25) is 43.9 Å². The van der Waals surface area contributed by atoms with E-state index >= 15 is 0 Å². The van der Waals surface area contributed by atoms with E-state index in [1.54, 1.807) is 73.8 Å². The highest BCUT2D eigenvalue weighted by Crippen LogP contribution is 2.25. The fraction of sp³-hybridized carbons (Fsp3) is 0.280. The molecule has 0 aromatic heterocycles. The van der Waals surface area contributed by atoms with Crippen LogP contribution in [0.2, 0.25) is 10.0 Å². The Bertz CT molecular complexity index is 2650. The average molecular weight is 1160 g/mol. The maximum atomic E-state index is 13.5. The van der Waals surface area contributed by atoms with Crippen molar-refractivity contribution in [1.29, 1.82) is 0 Å². The van der Waals surface area contributed by atoms with Crippen LogP contribution in [0.1, 0.15) is 88.6 Å². The zero-order chi connectivity index (χ0) is 53.1. The molecule has 2 aliphatic rings. The maximum absolute atomic E-state index is 13.5. The van der Waals surface area contributed by atoms with E-state index < -0.39 is 33.9 Å². The van der Waals surface area contributed by atoms with Gasteiger partial charge in [0.15, 0.2) is 0 Å². The highest BCUT2D eigenvalue weighted by atomic mass is 35.5. The molecule has 0 aliphatic carbocycles. The third-order valence-electron chi connectivity index (χ3n) is 11.3. The Morgan fingerprint density at radius 2 is 1.13 bits per heavy atom. The summed E-state index contributed by atoms with van der Waals surface area (Å²) in [4.78, 5) is 85.3. The standard InChI is InChI=1S/C22H23ClFN3O4.C14H18N2O3.C7H7ClFN.C7H4ClNO3.ClH.2H2S/c1-26(22(31)25-12-14-6-4-10-18(24)19(14)23)15(13-28)7-5-11-27-20(29)16-8-2-3-9-17(16)21(27)30;1-15-10(9-17)5-4-8-16-13(18)11-6-2-3-7-12(11)14(16)19;8-7-5(4-10)2-1-3-6(7)9;8-7(10)5-1-3-6(4-2-5)9(11)12;;;/h2-4,6,8-10,15,28H,5,7,11-13H2,1H3,(H,25,31);2-3,6-7,10,15,17H,4-5,8-9H2,1H3;1-3H,4,10H2;1-4H;1H;2*1H2/t15-;10-;;;;;/m00...../s1. The van der Waals surface area contributed by atoms with Crippen molar-refractivity contribution in [3.63, 3.8) is 0 Å². The van der Waals surface area contributed by atoms with Crippen molar-refractivity contribution in [1.82, 2.24) is 25.3 Å². The van der Waals surface area contributed by atoms with E-state index in [2.05, 4.69) is 10.6 Å². The summed E-state index contributed by atoms with van der Waals surface area (Å²) < 4.78 is 26.1. The molecule has 0 saturated carbocycles. The zero-order valence-electron chi connectivity index (χ0n) is 40.4. The van der Waals surface area contributed by atoms with Crippen molar-refractivity contribution in [3.8, 4) is 0 Å². The molecular weight excluding hydrogens is 1100 g/mol. The molecule has 6 N–H and O–H groups in total. The smallest absolute Gasteiger partial charge is 0.317 e. The van der Waals surface area contributed by atoms with E-state index in [9.17, 15) is 52.8 Å². The number of hydrogen-bond donors (Lipinski definition) is 5. The van der Waals surface area contributed by atoms with Gasteiger partial charge in [-0.1, -0.05) is 71.7 Å². The second-order valence-electron chi connectivity index (χ2n) is 15.9. The Labute approximate surface area is 467 Å². The largest absolute Gasteiger partial charge is 0.395 e. The summed E-state index contributed by atoms with van der Waals surface area (Å²) in [7, 11) is 3.31. The van der Waals surface area contributed by atoms with Gasteiger partial charge in [0.25, 0.3) is 34.6 Å². The number of fused-ring (bicyclic) bond motifs is 2. The molecule has 0 fully saturated rings. The molecule has 0 unspecified atom stereocenters. The first-order valence-corrected chi connectivity index (χ1v) is 23.3. The van der Waals surface area contributed by atoms with Crippen molar-refractivity contribution in [2.24, 2.45) is 5.73 Å². The van der Waals surface area contributed by atoms with Gasteiger partial charge < -0.3 is 31.5 Å². The number of rotatable bonds is 17. The summed E-state index contributed by atoms with van der Waals surface area (Å²) in [6.45, 7) is 0.663. The number of nitro benzene ring substituents is 1. The number of nitrogens with two attached hydrogens (primary N) is 1. The summed E-state index contributed by atoms with van der Waals surface area (Å²) in [5, 5.41) is 34.0. The van der Waals surface area contributed by atoms with E-state index in [4.69, 9.17) is 45.6 Å². The summed E-state index contributed by atoms with van der Waals surface area (Å²) in [6.07, 6.45) is 2.20. The van der Waals surface area contributed by atoms with Gasteiger partial charge in [-0.15, -0.1) is 12.4 Å².